The topological polar surface area (TPSA) is 127 Å². The van der Waals surface area contributed by atoms with Gasteiger partial charge in [0.05, 0.1) is 41.1 Å². The third kappa shape index (κ3) is 6.64. The number of hydrogen-bond donors (Lipinski definition) is 3. The van der Waals surface area contributed by atoms with Crippen LogP contribution in [0.25, 0.3) is 10.9 Å². The average molecular weight is 590 g/mol. The van der Waals surface area contributed by atoms with Gasteiger partial charge in [0.1, 0.15) is 0 Å². The largest absolute Gasteiger partial charge is 0.494 e. The van der Waals surface area contributed by atoms with Crippen LogP contribution in [0.5, 0.6) is 5.88 Å². The van der Waals surface area contributed by atoms with E-state index in [2.05, 4.69) is 15.2 Å². The highest BCUT2D eigenvalue weighted by molar-refractivity contribution is 7.92. The molecule has 0 aliphatic carbocycles. The van der Waals surface area contributed by atoms with Crippen LogP contribution in [0.4, 0.5) is 11.4 Å². The van der Waals surface area contributed by atoms with E-state index in [1.54, 1.807) is 49.4 Å². The molecule has 4 aromatic rings. The number of carbonyl (C=O) groups excluding carboxylic acids is 1. The lowest BCUT2D eigenvalue weighted by Gasteiger charge is -2.30. The van der Waals surface area contributed by atoms with E-state index in [1.807, 2.05) is 30.3 Å². The normalized spacial score (nSPS) is 14.7. The van der Waals surface area contributed by atoms with E-state index < -0.39 is 16.0 Å². The molecule has 0 unspecified atom stereocenters. The van der Waals surface area contributed by atoms with Crippen molar-refractivity contribution in [3.05, 3.63) is 89.5 Å². The summed E-state index contributed by atoms with van der Waals surface area (Å²) in [5.41, 5.74) is 3.89. The molecular weight excluding hydrogens is 554 g/mol. The van der Waals surface area contributed by atoms with E-state index in [0.29, 0.717) is 52.2 Å². The van der Waals surface area contributed by atoms with E-state index in [9.17, 15) is 18.3 Å². The van der Waals surface area contributed by atoms with Crippen LogP contribution in [0.3, 0.4) is 0 Å². The Hall–Kier alpha value is -4.19. The van der Waals surface area contributed by atoms with Crippen molar-refractivity contribution in [3.63, 3.8) is 0 Å². The number of anilines is 1. The van der Waals surface area contributed by atoms with Gasteiger partial charge in [-0.2, -0.15) is 0 Å². The van der Waals surface area contributed by atoms with Gasteiger partial charge >= 0.3 is 5.97 Å². The summed E-state index contributed by atoms with van der Waals surface area (Å²) in [6, 6.07) is 21.6. The Kier molecular flexibility index (Phi) is 8.91. The van der Waals surface area contributed by atoms with Crippen LogP contribution >= 0.6 is 0 Å². The van der Waals surface area contributed by atoms with Crippen LogP contribution in [-0.4, -0.2) is 87.2 Å². The monoisotopic (exact) mass is 589 g/mol. The van der Waals surface area contributed by atoms with Crippen LogP contribution in [-0.2, 0) is 14.8 Å². The minimum absolute atomic E-state index is 0.0820. The number of nitrogens with one attached hydrogen (secondary N) is 2. The Morgan fingerprint density at radius 1 is 1.02 bits per heavy atom. The number of nitrogens with zero attached hydrogens (tertiary/aromatic N) is 3. The summed E-state index contributed by atoms with van der Waals surface area (Å²) in [5.74, 6) is -0.524. The summed E-state index contributed by atoms with van der Waals surface area (Å²) in [7, 11) is -3.49. The van der Waals surface area contributed by atoms with Gasteiger partial charge in [0.15, 0.2) is 5.88 Å². The molecule has 2 heterocycles. The van der Waals surface area contributed by atoms with Crippen molar-refractivity contribution in [2.45, 2.75) is 6.92 Å². The molecule has 3 aromatic carbocycles. The number of sulfonamides is 1. The standard InChI is InChI=1S/C31H35N5O5S/c1-3-41-31(38)23-9-14-26-27(21-23)34-30(37)28(26)29(22-7-5-4-6-8-22)33-24-10-12-25(13-11-24)36(42(2,39)40)20-19-35-17-15-32-16-18-35/h4-14,21,32,34,37H,3,15-20H2,1-2H3. The Morgan fingerprint density at radius 3 is 2.40 bits per heavy atom. The zero-order chi connectivity index (χ0) is 29.7. The molecule has 1 saturated heterocycles. The van der Waals surface area contributed by atoms with Gasteiger partial charge in [-0.05, 0) is 43.3 Å². The predicted molar refractivity (Wildman–Crippen MR) is 166 cm³/mol. The minimum atomic E-state index is -3.49. The van der Waals surface area contributed by atoms with Gasteiger partial charge in [0, 0.05) is 55.7 Å². The van der Waals surface area contributed by atoms with Crippen molar-refractivity contribution < 1.29 is 23.1 Å². The van der Waals surface area contributed by atoms with E-state index in [-0.39, 0.29) is 12.5 Å². The molecule has 1 aromatic heterocycles. The van der Waals surface area contributed by atoms with Crippen LogP contribution in [0.1, 0.15) is 28.4 Å². The number of aromatic nitrogens is 1. The number of benzene rings is 3. The van der Waals surface area contributed by atoms with Crippen LogP contribution < -0.4 is 9.62 Å². The maximum Gasteiger partial charge on any atom is 0.338 e. The fourth-order valence-electron chi connectivity index (χ4n) is 5.10. The van der Waals surface area contributed by atoms with Gasteiger partial charge in [-0.15, -0.1) is 0 Å². The highest BCUT2D eigenvalue weighted by Crippen LogP contribution is 2.33. The predicted octanol–water partition coefficient (Wildman–Crippen LogP) is 3.89. The number of piperazine rings is 1. The second-order valence-corrected chi connectivity index (χ2v) is 12.0. The molecule has 10 nitrogen and oxygen atoms in total. The fraction of sp³-hybridized carbons (Fsp3) is 0.290. The molecule has 11 heteroatoms. The molecule has 220 valence electrons. The number of ether oxygens (including phenoxy) is 1. The first-order valence-corrected chi connectivity index (χ1v) is 15.8. The van der Waals surface area contributed by atoms with Gasteiger partial charge < -0.3 is 20.1 Å². The highest BCUT2D eigenvalue weighted by atomic mass is 32.2. The van der Waals surface area contributed by atoms with Crippen molar-refractivity contribution in [2.24, 2.45) is 4.99 Å². The number of aliphatic imine (C=N–C) groups is 1. The minimum Gasteiger partial charge on any atom is -0.494 e. The molecule has 1 fully saturated rings. The number of aromatic amines is 1. The van der Waals surface area contributed by atoms with E-state index in [4.69, 9.17) is 9.73 Å². The molecule has 0 bridgehead atoms. The molecule has 0 spiro atoms. The van der Waals surface area contributed by atoms with Crippen LogP contribution in [0.15, 0.2) is 77.8 Å². The second kappa shape index (κ2) is 12.8. The third-order valence-electron chi connectivity index (χ3n) is 7.18. The summed E-state index contributed by atoms with van der Waals surface area (Å²) in [6.07, 6.45) is 1.22. The fourth-order valence-corrected chi connectivity index (χ4v) is 6.02. The van der Waals surface area contributed by atoms with E-state index in [1.165, 1.54) is 10.6 Å². The molecule has 3 N–H and O–H groups in total. The number of carbonyl (C=O) groups is 1. The molecule has 5 rings (SSSR count). The Morgan fingerprint density at radius 2 is 1.74 bits per heavy atom. The van der Waals surface area contributed by atoms with Gasteiger partial charge in [-0.1, -0.05) is 36.4 Å². The molecule has 0 amide bonds. The maximum atomic E-state index is 12.7. The average Bonchev–Trinajstić information content (AvgIpc) is 3.31. The number of esters is 1. The van der Waals surface area contributed by atoms with Crippen LogP contribution in [0, 0.1) is 0 Å². The highest BCUT2D eigenvalue weighted by Gasteiger charge is 2.22. The lowest BCUT2D eigenvalue weighted by atomic mass is 10.00. The summed E-state index contributed by atoms with van der Waals surface area (Å²) in [5, 5.41) is 15.0. The van der Waals surface area contributed by atoms with E-state index >= 15 is 0 Å². The van der Waals surface area contributed by atoms with Gasteiger partial charge in [0.2, 0.25) is 10.0 Å². The lowest BCUT2D eigenvalue weighted by molar-refractivity contribution is 0.0526. The summed E-state index contributed by atoms with van der Waals surface area (Å²) in [4.78, 5) is 22.4. The lowest BCUT2D eigenvalue weighted by Crippen LogP contribution is -2.47. The quantitative estimate of drug-likeness (QED) is 0.189. The second-order valence-electron chi connectivity index (χ2n) is 10.1. The van der Waals surface area contributed by atoms with Gasteiger partial charge in [-0.3, -0.25) is 9.21 Å². The molecule has 0 radical (unpaired) electrons. The first kappa shape index (κ1) is 29.3. The van der Waals surface area contributed by atoms with Crippen molar-refractivity contribution in [1.82, 2.24) is 15.2 Å². The third-order valence-corrected chi connectivity index (χ3v) is 8.38. The summed E-state index contributed by atoms with van der Waals surface area (Å²) < 4.78 is 31.9. The zero-order valence-electron chi connectivity index (χ0n) is 23.7. The van der Waals surface area contributed by atoms with Crippen molar-refractivity contribution in [3.8, 4) is 5.88 Å². The Balaban J connectivity index is 1.49. The number of rotatable bonds is 10. The SMILES string of the molecule is CCOC(=O)c1ccc2c(C(=Nc3ccc(N(CCN4CCNCC4)S(C)(=O)=O)cc3)c3ccccc3)c(O)[nH]c2c1. The number of fused-ring (bicyclic) bond motifs is 1. The summed E-state index contributed by atoms with van der Waals surface area (Å²) >= 11 is 0. The zero-order valence-corrected chi connectivity index (χ0v) is 24.5. The number of aromatic hydroxyl groups is 1. The first-order valence-electron chi connectivity index (χ1n) is 13.9. The molecule has 42 heavy (non-hydrogen) atoms. The van der Waals surface area contributed by atoms with Crippen molar-refractivity contribution >= 4 is 44.0 Å². The number of H-pyrrole nitrogens is 1. The maximum absolute atomic E-state index is 12.7. The summed E-state index contributed by atoms with van der Waals surface area (Å²) in [6.45, 7) is 6.58. The molecular formula is C31H35N5O5S. The first-order chi connectivity index (χ1) is 20.2. The molecule has 1 aliphatic rings. The van der Waals surface area contributed by atoms with Crippen molar-refractivity contribution in [2.75, 3.05) is 56.4 Å². The molecule has 1 aliphatic heterocycles. The Bertz CT molecular complexity index is 1680. The molecule has 0 atom stereocenters. The molecule has 0 saturated carbocycles. The Labute approximate surface area is 245 Å². The van der Waals surface area contributed by atoms with Crippen molar-refractivity contribution in [1.29, 1.82) is 0 Å². The smallest absolute Gasteiger partial charge is 0.338 e. The van der Waals surface area contributed by atoms with Gasteiger partial charge in [0.25, 0.3) is 0 Å². The van der Waals surface area contributed by atoms with E-state index in [0.717, 1.165) is 31.7 Å². The number of hydrogen-bond acceptors (Lipinski definition) is 8. The van der Waals surface area contributed by atoms with Crippen LogP contribution in [0.2, 0.25) is 0 Å². The van der Waals surface area contributed by atoms with Gasteiger partial charge in [-0.25, -0.2) is 18.2 Å².